The molecule has 0 saturated heterocycles. The monoisotopic (exact) mass is 215 g/mol. The standard InChI is InChI=1S/C8H17Cl2S/c1-3-5-6-8(4-2)7-11(9)10/h8H,3-7H2,1-2H3/q+1. The van der Waals surface area contributed by atoms with E-state index in [4.69, 9.17) is 21.4 Å². The van der Waals surface area contributed by atoms with E-state index in [0.29, 0.717) is 0 Å². The van der Waals surface area contributed by atoms with Crippen molar-refractivity contribution >= 4 is 30.7 Å². The number of hydrogen-bond acceptors (Lipinski definition) is 0. The van der Waals surface area contributed by atoms with Crippen molar-refractivity contribution in [3.05, 3.63) is 0 Å². The lowest BCUT2D eigenvalue weighted by molar-refractivity contribution is 0.499. The topological polar surface area (TPSA) is 0 Å². The highest BCUT2D eigenvalue weighted by Crippen LogP contribution is 2.20. The number of halogens is 2. The highest BCUT2D eigenvalue weighted by Gasteiger charge is 2.19. The van der Waals surface area contributed by atoms with E-state index in [0.717, 1.165) is 11.7 Å². The van der Waals surface area contributed by atoms with Gasteiger partial charge in [-0.1, -0.05) is 26.7 Å². The number of hydrogen-bond donors (Lipinski definition) is 0. The molecule has 0 radical (unpaired) electrons. The maximum atomic E-state index is 5.72. The van der Waals surface area contributed by atoms with Gasteiger partial charge in [0.25, 0.3) is 0 Å². The van der Waals surface area contributed by atoms with Crippen LogP contribution in [0.15, 0.2) is 0 Å². The molecule has 0 heterocycles. The van der Waals surface area contributed by atoms with Crippen molar-refractivity contribution in [2.45, 2.75) is 39.5 Å². The van der Waals surface area contributed by atoms with Gasteiger partial charge in [0.2, 0.25) is 9.32 Å². The maximum absolute atomic E-state index is 5.72. The van der Waals surface area contributed by atoms with Gasteiger partial charge < -0.3 is 0 Å². The molecule has 68 valence electrons. The second kappa shape index (κ2) is 7.57. The van der Waals surface area contributed by atoms with E-state index in [9.17, 15) is 0 Å². The fraction of sp³-hybridized carbons (Fsp3) is 1.00. The Hall–Kier alpha value is 0.930. The summed E-state index contributed by atoms with van der Waals surface area (Å²) in [5, 5.41) is 0. The number of unbranched alkanes of at least 4 members (excludes halogenated alkanes) is 1. The molecule has 0 aromatic carbocycles. The van der Waals surface area contributed by atoms with Gasteiger partial charge in [0.1, 0.15) is 5.75 Å². The lowest BCUT2D eigenvalue weighted by Crippen LogP contribution is -2.07. The minimum atomic E-state index is -0.405. The molecule has 0 aromatic heterocycles. The lowest BCUT2D eigenvalue weighted by atomic mass is 10.0. The quantitative estimate of drug-likeness (QED) is 0.585. The summed E-state index contributed by atoms with van der Waals surface area (Å²) >= 11 is 0. The van der Waals surface area contributed by atoms with Crippen LogP contribution in [0.4, 0.5) is 0 Å². The minimum Gasteiger partial charge on any atom is -0.0654 e. The van der Waals surface area contributed by atoms with Crippen molar-refractivity contribution in [1.82, 2.24) is 0 Å². The molecule has 0 amide bonds. The highest BCUT2D eigenvalue weighted by atomic mass is 36.0. The van der Waals surface area contributed by atoms with Gasteiger partial charge in [0.15, 0.2) is 21.4 Å². The first kappa shape index (κ1) is 11.9. The van der Waals surface area contributed by atoms with Gasteiger partial charge >= 0.3 is 0 Å². The first-order chi connectivity index (χ1) is 5.20. The van der Waals surface area contributed by atoms with E-state index in [1.54, 1.807) is 0 Å². The van der Waals surface area contributed by atoms with Crippen molar-refractivity contribution in [2.75, 3.05) is 5.75 Å². The molecule has 0 aromatic rings. The minimum absolute atomic E-state index is 0.405. The zero-order valence-electron chi connectivity index (χ0n) is 7.28. The summed E-state index contributed by atoms with van der Waals surface area (Å²) < 4.78 is 0. The van der Waals surface area contributed by atoms with Crippen molar-refractivity contribution < 1.29 is 0 Å². The second-order valence-electron chi connectivity index (χ2n) is 2.86. The molecular formula is C8H17Cl2S+. The number of rotatable bonds is 6. The van der Waals surface area contributed by atoms with Gasteiger partial charge in [-0.25, -0.2) is 0 Å². The van der Waals surface area contributed by atoms with Crippen LogP contribution < -0.4 is 0 Å². The van der Waals surface area contributed by atoms with Crippen molar-refractivity contribution in [3.63, 3.8) is 0 Å². The van der Waals surface area contributed by atoms with Crippen LogP contribution in [0.1, 0.15) is 39.5 Å². The summed E-state index contributed by atoms with van der Waals surface area (Å²) in [6.45, 7) is 4.43. The van der Waals surface area contributed by atoms with E-state index in [1.807, 2.05) is 0 Å². The van der Waals surface area contributed by atoms with Crippen molar-refractivity contribution in [2.24, 2.45) is 5.92 Å². The van der Waals surface area contributed by atoms with Gasteiger partial charge in [-0.3, -0.25) is 0 Å². The highest BCUT2D eigenvalue weighted by molar-refractivity contribution is 8.35. The van der Waals surface area contributed by atoms with Gasteiger partial charge in [0.05, 0.1) is 0 Å². The molecular weight excluding hydrogens is 199 g/mol. The fourth-order valence-electron chi connectivity index (χ4n) is 1.08. The summed E-state index contributed by atoms with van der Waals surface area (Å²) in [6.07, 6.45) is 5.08. The Kier molecular flexibility index (Phi) is 8.21. The van der Waals surface area contributed by atoms with E-state index in [1.165, 1.54) is 25.7 Å². The van der Waals surface area contributed by atoms with E-state index in [-0.39, 0.29) is 0 Å². The third-order valence-electron chi connectivity index (χ3n) is 1.90. The molecule has 0 aliphatic heterocycles. The van der Waals surface area contributed by atoms with Gasteiger partial charge in [-0.05, 0) is 12.8 Å². The Balaban J connectivity index is 3.41. The molecule has 0 N–H and O–H groups in total. The molecule has 0 aliphatic rings. The largest absolute Gasteiger partial charge is 0.215 e. The second-order valence-corrected chi connectivity index (χ2v) is 6.46. The van der Waals surface area contributed by atoms with Crippen LogP contribution >= 0.6 is 21.4 Å². The molecule has 0 spiro atoms. The van der Waals surface area contributed by atoms with Crippen LogP contribution in [0.2, 0.25) is 0 Å². The van der Waals surface area contributed by atoms with Crippen LogP contribution in [-0.4, -0.2) is 5.75 Å². The lowest BCUT2D eigenvalue weighted by Gasteiger charge is -2.07. The van der Waals surface area contributed by atoms with Crippen LogP contribution in [0.25, 0.3) is 0 Å². The third-order valence-corrected chi connectivity index (χ3v) is 3.38. The third kappa shape index (κ3) is 7.30. The summed E-state index contributed by atoms with van der Waals surface area (Å²) in [4.78, 5) is 0. The van der Waals surface area contributed by atoms with Gasteiger partial charge in [-0.15, -0.1) is 0 Å². The predicted octanol–water partition coefficient (Wildman–Crippen LogP) is 4.13. The smallest absolute Gasteiger partial charge is 0.0654 e. The molecule has 1 unspecified atom stereocenters. The van der Waals surface area contributed by atoms with Crippen LogP contribution in [-0.2, 0) is 9.32 Å². The Labute approximate surface area is 82.0 Å². The van der Waals surface area contributed by atoms with E-state index in [2.05, 4.69) is 13.8 Å². The Morgan fingerprint density at radius 2 is 1.91 bits per heavy atom. The van der Waals surface area contributed by atoms with E-state index >= 15 is 0 Å². The van der Waals surface area contributed by atoms with Crippen molar-refractivity contribution in [3.8, 4) is 0 Å². The van der Waals surface area contributed by atoms with E-state index < -0.39 is 9.32 Å². The summed E-state index contributed by atoms with van der Waals surface area (Å²) in [6, 6.07) is 0. The Bertz CT molecular complexity index is 86.2. The molecule has 0 aliphatic carbocycles. The maximum Gasteiger partial charge on any atom is 0.215 e. The molecule has 0 fully saturated rings. The summed E-state index contributed by atoms with van der Waals surface area (Å²) in [5.41, 5.74) is 0. The molecule has 3 heteroatoms. The normalized spacial score (nSPS) is 13.9. The molecule has 1 atom stereocenters. The van der Waals surface area contributed by atoms with Crippen LogP contribution in [0.3, 0.4) is 0 Å². The summed E-state index contributed by atoms with van der Waals surface area (Å²) in [7, 11) is 11.0. The Morgan fingerprint density at radius 1 is 1.27 bits per heavy atom. The first-order valence-electron chi connectivity index (χ1n) is 4.24. The SMILES string of the molecule is CCCCC(CC)C[S+](Cl)Cl. The zero-order valence-corrected chi connectivity index (χ0v) is 9.61. The predicted molar refractivity (Wildman–Crippen MR) is 57.2 cm³/mol. The molecule has 0 bridgehead atoms. The molecule has 0 rings (SSSR count). The first-order valence-corrected chi connectivity index (χ1v) is 7.28. The average molecular weight is 216 g/mol. The van der Waals surface area contributed by atoms with Gasteiger partial charge in [0, 0.05) is 5.92 Å². The summed E-state index contributed by atoms with van der Waals surface area (Å²) in [5.74, 6) is 1.73. The molecule has 0 nitrogen and oxygen atoms in total. The van der Waals surface area contributed by atoms with Crippen LogP contribution in [0.5, 0.6) is 0 Å². The van der Waals surface area contributed by atoms with Crippen LogP contribution in [0, 0.1) is 5.92 Å². The Morgan fingerprint density at radius 3 is 2.27 bits per heavy atom. The molecule has 0 saturated carbocycles. The fourth-order valence-corrected chi connectivity index (χ4v) is 2.90. The molecule has 11 heavy (non-hydrogen) atoms. The van der Waals surface area contributed by atoms with Gasteiger partial charge in [-0.2, -0.15) is 0 Å². The zero-order chi connectivity index (χ0) is 8.69. The average Bonchev–Trinajstić information content (AvgIpc) is 1.97. The van der Waals surface area contributed by atoms with Crippen molar-refractivity contribution in [1.29, 1.82) is 0 Å².